The van der Waals surface area contributed by atoms with Gasteiger partial charge in [-0.05, 0) is 49.3 Å². The lowest BCUT2D eigenvalue weighted by atomic mass is 9.87. The van der Waals surface area contributed by atoms with E-state index in [1.165, 1.54) is 29.1 Å². The Morgan fingerprint density at radius 3 is 2.44 bits per heavy atom. The number of morpholine rings is 1. The molecule has 10 heteroatoms. The van der Waals surface area contributed by atoms with Crippen molar-refractivity contribution in [3.63, 3.8) is 0 Å². The molecule has 1 N–H and O–H groups in total. The van der Waals surface area contributed by atoms with Gasteiger partial charge in [0.1, 0.15) is 0 Å². The first-order valence-corrected chi connectivity index (χ1v) is 14.8. The fraction of sp³-hybridized carbons (Fsp3) is 0.615. The van der Waals surface area contributed by atoms with Gasteiger partial charge >= 0.3 is 0 Å². The third-order valence-corrected chi connectivity index (χ3v) is 8.74. The molecule has 0 atom stereocenters. The van der Waals surface area contributed by atoms with Gasteiger partial charge in [-0.25, -0.2) is 17.7 Å². The van der Waals surface area contributed by atoms with Crippen LogP contribution in [0.5, 0.6) is 5.88 Å². The van der Waals surface area contributed by atoms with Gasteiger partial charge in [0.05, 0.1) is 31.6 Å². The smallest absolute Gasteiger partial charge is 0.226 e. The minimum absolute atomic E-state index is 0.155. The fourth-order valence-corrected chi connectivity index (χ4v) is 6.06. The van der Waals surface area contributed by atoms with Gasteiger partial charge < -0.3 is 19.7 Å². The molecule has 0 radical (unpaired) electrons. The van der Waals surface area contributed by atoms with Crippen LogP contribution >= 0.6 is 0 Å². The molecule has 3 aliphatic rings. The maximum atomic E-state index is 11.7. The Labute approximate surface area is 214 Å². The average molecular weight is 516 g/mol. The second kappa shape index (κ2) is 10.9. The zero-order valence-electron chi connectivity index (χ0n) is 21.2. The molecule has 1 aromatic heterocycles. The lowest BCUT2D eigenvalue weighted by Crippen LogP contribution is -2.51. The maximum absolute atomic E-state index is 11.7. The number of aromatic nitrogens is 2. The molecule has 2 aliphatic heterocycles. The Hall–Kier alpha value is -2.43. The molecule has 3 fully saturated rings. The average Bonchev–Trinajstić information content (AvgIpc) is 2.85. The van der Waals surface area contributed by atoms with Crippen molar-refractivity contribution in [2.45, 2.75) is 38.6 Å². The first kappa shape index (κ1) is 25.2. The van der Waals surface area contributed by atoms with Crippen molar-refractivity contribution < 1.29 is 17.9 Å². The summed E-state index contributed by atoms with van der Waals surface area (Å²) in [5, 5.41) is 3.51. The van der Waals surface area contributed by atoms with Crippen molar-refractivity contribution in [3.05, 3.63) is 30.5 Å². The third-order valence-electron chi connectivity index (χ3n) is 7.51. The van der Waals surface area contributed by atoms with Crippen molar-refractivity contribution in [2.24, 2.45) is 11.8 Å². The topological polar surface area (TPSA) is 96.9 Å². The quantitative estimate of drug-likeness (QED) is 0.572. The van der Waals surface area contributed by atoms with E-state index >= 15 is 0 Å². The van der Waals surface area contributed by atoms with Crippen molar-refractivity contribution in [1.82, 2.24) is 14.3 Å². The highest BCUT2D eigenvalue weighted by Crippen LogP contribution is 2.32. The molecular formula is C26H37N5O4S. The molecule has 2 saturated heterocycles. The fourth-order valence-electron chi connectivity index (χ4n) is 5.10. The van der Waals surface area contributed by atoms with Crippen LogP contribution in [-0.2, 0) is 14.8 Å². The monoisotopic (exact) mass is 515 g/mol. The van der Waals surface area contributed by atoms with Crippen molar-refractivity contribution in [1.29, 1.82) is 0 Å². The molecule has 1 saturated carbocycles. The Kier molecular flexibility index (Phi) is 7.64. The number of ether oxygens (including phenoxy) is 2. The molecule has 5 rings (SSSR count). The Morgan fingerprint density at radius 1 is 1.08 bits per heavy atom. The molecule has 36 heavy (non-hydrogen) atoms. The van der Waals surface area contributed by atoms with Gasteiger partial charge in [-0.3, -0.25) is 0 Å². The van der Waals surface area contributed by atoms with E-state index in [9.17, 15) is 8.42 Å². The molecule has 0 bridgehead atoms. The summed E-state index contributed by atoms with van der Waals surface area (Å²) in [6, 6.07) is 8.79. The van der Waals surface area contributed by atoms with Crippen LogP contribution in [0.4, 0.5) is 11.6 Å². The number of sulfonamides is 1. The summed E-state index contributed by atoms with van der Waals surface area (Å²) in [6.07, 6.45) is 7.75. The van der Waals surface area contributed by atoms with Crippen LogP contribution in [0.25, 0.3) is 11.1 Å². The van der Waals surface area contributed by atoms with Crippen molar-refractivity contribution >= 4 is 21.7 Å². The maximum Gasteiger partial charge on any atom is 0.226 e. The molecule has 0 amide bonds. The van der Waals surface area contributed by atoms with E-state index in [0.717, 1.165) is 56.2 Å². The van der Waals surface area contributed by atoms with Crippen LogP contribution in [0.15, 0.2) is 30.5 Å². The molecule has 1 aliphatic carbocycles. The summed E-state index contributed by atoms with van der Waals surface area (Å²) >= 11 is 0. The zero-order chi connectivity index (χ0) is 25.1. The Morgan fingerprint density at radius 2 is 1.78 bits per heavy atom. The molecule has 3 heterocycles. The Bertz CT molecular complexity index is 1120. The third kappa shape index (κ3) is 6.10. The van der Waals surface area contributed by atoms with Gasteiger partial charge in [0.2, 0.25) is 21.9 Å². The normalized spacial score (nSPS) is 23.8. The molecule has 0 spiro atoms. The van der Waals surface area contributed by atoms with E-state index in [-0.39, 0.29) is 5.92 Å². The van der Waals surface area contributed by atoms with E-state index < -0.39 is 10.0 Å². The van der Waals surface area contributed by atoms with E-state index in [0.29, 0.717) is 37.6 Å². The van der Waals surface area contributed by atoms with Crippen LogP contribution in [0, 0.1) is 11.8 Å². The number of rotatable bonds is 8. The van der Waals surface area contributed by atoms with Crippen LogP contribution in [0.1, 0.15) is 32.6 Å². The molecule has 196 valence electrons. The van der Waals surface area contributed by atoms with Crippen LogP contribution in [-0.4, -0.2) is 81.0 Å². The summed E-state index contributed by atoms with van der Waals surface area (Å²) in [5.41, 5.74) is 3.00. The van der Waals surface area contributed by atoms with Crippen molar-refractivity contribution in [3.8, 4) is 17.0 Å². The molecule has 0 unspecified atom stereocenters. The first-order valence-electron chi connectivity index (χ1n) is 13.0. The predicted molar refractivity (Wildman–Crippen MR) is 141 cm³/mol. The highest BCUT2D eigenvalue weighted by Gasteiger charge is 2.33. The van der Waals surface area contributed by atoms with Gasteiger partial charge in [-0.15, -0.1) is 0 Å². The lowest BCUT2D eigenvalue weighted by Gasteiger charge is -2.36. The van der Waals surface area contributed by atoms with Gasteiger partial charge in [0.15, 0.2) is 0 Å². The molecular weight excluding hydrogens is 478 g/mol. The number of benzene rings is 1. The summed E-state index contributed by atoms with van der Waals surface area (Å²) < 4.78 is 36.6. The number of nitrogens with one attached hydrogen (secondary N) is 1. The second-order valence-electron chi connectivity index (χ2n) is 10.4. The highest BCUT2D eigenvalue weighted by molar-refractivity contribution is 7.88. The van der Waals surface area contributed by atoms with Gasteiger partial charge in [0, 0.05) is 50.0 Å². The summed E-state index contributed by atoms with van der Waals surface area (Å²) in [6.45, 7) is 6.98. The predicted octanol–water partition coefficient (Wildman–Crippen LogP) is 3.24. The molecule has 1 aromatic carbocycles. The highest BCUT2D eigenvalue weighted by atomic mass is 32.2. The lowest BCUT2D eigenvalue weighted by molar-refractivity contribution is 0.122. The number of anilines is 2. The van der Waals surface area contributed by atoms with E-state index in [4.69, 9.17) is 14.5 Å². The van der Waals surface area contributed by atoms with E-state index in [1.54, 1.807) is 0 Å². The van der Waals surface area contributed by atoms with Crippen molar-refractivity contribution in [2.75, 3.05) is 62.5 Å². The second-order valence-corrected chi connectivity index (χ2v) is 12.4. The number of nitrogens with zero attached hydrogens (tertiary/aromatic N) is 4. The van der Waals surface area contributed by atoms with E-state index in [2.05, 4.69) is 46.4 Å². The van der Waals surface area contributed by atoms with Gasteiger partial charge in [-0.1, -0.05) is 19.1 Å². The summed E-state index contributed by atoms with van der Waals surface area (Å²) in [4.78, 5) is 11.7. The van der Waals surface area contributed by atoms with Crippen LogP contribution in [0.2, 0.25) is 0 Å². The van der Waals surface area contributed by atoms with Crippen LogP contribution in [0.3, 0.4) is 0 Å². The minimum Gasteiger partial charge on any atom is -0.477 e. The van der Waals surface area contributed by atoms with Gasteiger partial charge in [-0.2, -0.15) is 4.98 Å². The summed E-state index contributed by atoms with van der Waals surface area (Å²) in [5.74, 6) is 2.06. The minimum atomic E-state index is -3.14. The molecule has 2 aromatic rings. The standard InChI is InChI=1S/C26H37N5O4S/c1-19-3-7-22(8-4-19)28-26-27-15-24(21-5-9-23(10-6-21)30-11-13-34-14-12-30)25(29-26)35-18-20-16-31(17-20)36(2,32)33/h5-6,9-10,15,19-20,22H,3-4,7-8,11-14,16-18H2,1-2H3,(H,27,28,29)/t19-,22+. The Balaban J connectivity index is 1.31. The number of hydrogen-bond acceptors (Lipinski definition) is 8. The van der Waals surface area contributed by atoms with E-state index in [1.807, 2.05) is 6.20 Å². The first-order chi connectivity index (χ1) is 17.3. The largest absolute Gasteiger partial charge is 0.477 e. The molecule has 9 nitrogen and oxygen atoms in total. The summed E-state index contributed by atoms with van der Waals surface area (Å²) in [7, 11) is -3.14. The SMILES string of the molecule is CS(=O)(=O)N1CC(COc2nc(N[C@H]3CC[C@@H](C)CC3)ncc2-c2ccc(N3CCOCC3)cc2)C1. The van der Waals surface area contributed by atoms with Gasteiger partial charge in [0.25, 0.3) is 0 Å². The number of hydrogen-bond donors (Lipinski definition) is 1. The zero-order valence-corrected chi connectivity index (χ0v) is 22.0. The van der Waals surface area contributed by atoms with Crippen LogP contribution < -0.4 is 15.0 Å².